The number of carbonyl (C=O) groups excluding carboxylic acids is 1. The molecule has 2 aromatic rings. The van der Waals surface area contributed by atoms with Gasteiger partial charge in [0.2, 0.25) is 5.91 Å². The number of likely N-dealkylation sites (N-methyl/N-ethyl adjacent to an activating group) is 1. The molecule has 2 aromatic carbocycles. The van der Waals surface area contributed by atoms with Crippen LogP contribution in [-0.2, 0) is 4.79 Å². The molecule has 0 saturated carbocycles. The Kier molecular flexibility index (Phi) is 6.94. The Bertz CT molecular complexity index is 857. The molecule has 2 fully saturated rings. The molecule has 1 amide bonds. The van der Waals surface area contributed by atoms with E-state index in [2.05, 4.69) is 44.0 Å². The van der Waals surface area contributed by atoms with E-state index in [9.17, 15) is 9.90 Å². The number of phenols is 1. The predicted octanol–water partition coefficient (Wildman–Crippen LogP) is 2.29. The van der Waals surface area contributed by atoms with Crippen LogP contribution in [0, 0.1) is 0 Å². The first kappa shape index (κ1) is 21.5. The minimum Gasteiger partial charge on any atom is -0.506 e. The van der Waals surface area contributed by atoms with Gasteiger partial charge in [0.1, 0.15) is 5.75 Å². The van der Waals surface area contributed by atoms with E-state index in [4.69, 9.17) is 0 Å². The van der Waals surface area contributed by atoms with E-state index in [1.165, 1.54) is 5.69 Å². The average molecular weight is 424 g/mol. The second-order valence-corrected chi connectivity index (χ2v) is 8.27. The monoisotopic (exact) mass is 423 g/mol. The molecule has 0 radical (unpaired) electrons. The van der Waals surface area contributed by atoms with Crippen LogP contribution in [0.3, 0.4) is 0 Å². The average Bonchev–Trinajstić information content (AvgIpc) is 2.81. The summed E-state index contributed by atoms with van der Waals surface area (Å²) in [6, 6.07) is 15.6. The Labute approximate surface area is 184 Å². The normalized spacial score (nSPS) is 18.2. The van der Waals surface area contributed by atoms with Crippen LogP contribution >= 0.6 is 0 Å². The lowest BCUT2D eigenvalue weighted by atomic mass is 10.2. The molecule has 7 nitrogen and oxygen atoms in total. The maximum absolute atomic E-state index is 12.5. The highest BCUT2D eigenvalue weighted by molar-refractivity contribution is 5.92. The van der Waals surface area contributed by atoms with Crippen molar-refractivity contribution in [3.63, 3.8) is 0 Å². The van der Waals surface area contributed by atoms with Crippen LogP contribution in [0.2, 0.25) is 0 Å². The highest BCUT2D eigenvalue weighted by Gasteiger charge is 2.21. The summed E-state index contributed by atoms with van der Waals surface area (Å²) in [4.78, 5) is 21.7. The largest absolute Gasteiger partial charge is 0.506 e. The highest BCUT2D eigenvalue weighted by atomic mass is 16.3. The third-order valence-corrected chi connectivity index (χ3v) is 6.30. The summed E-state index contributed by atoms with van der Waals surface area (Å²) in [5.41, 5.74) is 2.92. The number of piperazine rings is 2. The van der Waals surface area contributed by atoms with Crippen molar-refractivity contribution in [1.82, 2.24) is 9.80 Å². The lowest BCUT2D eigenvalue weighted by Crippen LogP contribution is -2.48. The van der Waals surface area contributed by atoms with Gasteiger partial charge in [-0.25, -0.2) is 0 Å². The van der Waals surface area contributed by atoms with Gasteiger partial charge >= 0.3 is 0 Å². The first-order chi connectivity index (χ1) is 15.1. The Balaban J connectivity index is 1.23. The Morgan fingerprint density at radius 1 is 0.839 bits per heavy atom. The fraction of sp³-hybridized carbons (Fsp3) is 0.458. The number of hydrogen-bond acceptors (Lipinski definition) is 6. The van der Waals surface area contributed by atoms with Gasteiger partial charge in [-0.15, -0.1) is 0 Å². The topological polar surface area (TPSA) is 62.3 Å². The summed E-state index contributed by atoms with van der Waals surface area (Å²) in [6.07, 6.45) is 0. The van der Waals surface area contributed by atoms with Gasteiger partial charge in [0.15, 0.2) is 0 Å². The molecule has 2 aliphatic heterocycles. The zero-order valence-corrected chi connectivity index (χ0v) is 18.3. The first-order valence-electron chi connectivity index (χ1n) is 11.2. The molecule has 31 heavy (non-hydrogen) atoms. The standard InChI is InChI=1S/C24H33N5O2/c1-2-26-11-15-28(16-12-26)21-9-7-20(8-10-21)25-24(31)19-27-13-17-29(18-14-27)22-5-3-4-6-23(22)30/h3-10,30H,2,11-19H2,1H3,(H,25,31). The summed E-state index contributed by atoms with van der Waals surface area (Å²) in [6.45, 7) is 11.2. The number of anilines is 3. The molecule has 2 saturated heterocycles. The molecule has 0 unspecified atom stereocenters. The van der Waals surface area contributed by atoms with E-state index in [0.29, 0.717) is 12.3 Å². The van der Waals surface area contributed by atoms with Crippen molar-refractivity contribution < 1.29 is 9.90 Å². The van der Waals surface area contributed by atoms with Gasteiger partial charge in [0, 0.05) is 63.7 Å². The molecule has 2 N–H and O–H groups in total. The van der Waals surface area contributed by atoms with Gasteiger partial charge in [-0.3, -0.25) is 9.69 Å². The Hall–Kier alpha value is -2.77. The molecule has 0 atom stereocenters. The summed E-state index contributed by atoms with van der Waals surface area (Å²) < 4.78 is 0. The second-order valence-electron chi connectivity index (χ2n) is 8.27. The van der Waals surface area contributed by atoms with Gasteiger partial charge < -0.3 is 25.1 Å². The third-order valence-electron chi connectivity index (χ3n) is 6.30. The molecule has 7 heteroatoms. The lowest BCUT2D eigenvalue weighted by molar-refractivity contribution is -0.117. The number of para-hydroxylation sites is 2. The van der Waals surface area contributed by atoms with Gasteiger partial charge in [-0.1, -0.05) is 19.1 Å². The van der Waals surface area contributed by atoms with Crippen LogP contribution in [0.4, 0.5) is 17.1 Å². The SMILES string of the molecule is CCN1CCN(c2ccc(NC(=O)CN3CCN(c4ccccc4O)CC3)cc2)CC1. The van der Waals surface area contributed by atoms with Crippen LogP contribution < -0.4 is 15.1 Å². The maximum atomic E-state index is 12.5. The van der Waals surface area contributed by atoms with Gasteiger partial charge in [0.05, 0.1) is 12.2 Å². The minimum absolute atomic E-state index is 0.0142. The van der Waals surface area contributed by atoms with Gasteiger partial charge in [-0.05, 0) is 42.9 Å². The van der Waals surface area contributed by atoms with Crippen molar-refractivity contribution >= 4 is 23.0 Å². The number of benzene rings is 2. The molecule has 2 heterocycles. The van der Waals surface area contributed by atoms with Crippen LogP contribution in [0.15, 0.2) is 48.5 Å². The fourth-order valence-electron chi connectivity index (χ4n) is 4.36. The van der Waals surface area contributed by atoms with E-state index in [1.807, 2.05) is 30.3 Å². The van der Waals surface area contributed by atoms with E-state index >= 15 is 0 Å². The second kappa shape index (κ2) is 10.0. The lowest BCUT2D eigenvalue weighted by Gasteiger charge is -2.36. The zero-order valence-electron chi connectivity index (χ0n) is 18.3. The molecule has 0 spiro atoms. The van der Waals surface area contributed by atoms with E-state index in [1.54, 1.807) is 6.07 Å². The predicted molar refractivity (Wildman–Crippen MR) is 126 cm³/mol. The molecular formula is C24H33N5O2. The number of hydrogen-bond donors (Lipinski definition) is 2. The Morgan fingerprint density at radius 3 is 2.10 bits per heavy atom. The molecule has 0 bridgehead atoms. The number of rotatable bonds is 6. The van der Waals surface area contributed by atoms with Crippen LogP contribution in [-0.4, -0.2) is 86.3 Å². The summed E-state index contributed by atoms with van der Waals surface area (Å²) >= 11 is 0. The molecule has 4 rings (SSSR count). The van der Waals surface area contributed by atoms with Crippen molar-refractivity contribution in [3.8, 4) is 5.75 Å². The van der Waals surface area contributed by atoms with E-state index in [0.717, 1.165) is 70.3 Å². The van der Waals surface area contributed by atoms with Crippen molar-refractivity contribution in [2.45, 2.75) is 6.92 Å². The molecule has 0 aliphatic carbocycles. The minimum atomic E-state index is 0.0142. The van der Waals surface area contributed by atoms with Crippen molar-refractivity contribution in [1.29, 1.82) is 0 Å². The molecule has 166 valence electrons. The number of amides is 1. The van der Waals surface area contributed by atoms with E-state index in [-0.39, 0.29) is 5.91 Å². The number of carbonyl (C=O) groups is 1. The van der Waals surface area contributed by atoms with Crippen molar-refractivity contribution in [2.75, 3.05) is 80.6 Å². The first-order valence-corrected chi connectivity index (χ1v) is 11.2. The molecule has 0 aromatic heterocycles. The van der Waals surface area contributed by atoms with Crippen LogP contribution in [0.5, 0.6) is 5.75 Å². The number of phenolic OH excluding ortho intramolecular Hbond substituents is 1. The maximum Gasteiger partial charge on any atom is 0.238 e. The number of nitrogens with one attached hydrogen (secondary N) is 1. The summed E-state index contributed by atoms with van der Waals surface area (Å²) in [7, 11) is 0. The van der Waals surface area contributed by atoms with Crippen molar-refractivity contribution in [2.24, 2.45) is 0 Å². The quantitative estimate of drug-likeness (QED) is 0.744. The van der Waals surface area contributed by atoms with Gasteiger partial charge in [-0.2, -0.15) is 0 Å². The number of nitrogens with zero attached hydrogens (tertiary/aromatic N) is 4. The smallest absolute Gasteiger partial charge is 0.238 e. The molecule has 2 aliphatic rings. The van der Waals surface area contributed by atoms with Crippen LogP contribution in [0.1, 0.15) is 6.92 Å². The van der Waals surface area contributed by atoms with Gasteiger partial charge in [0.25, 0.3) is 0 Å². The summed E-state index contributed by atoms with van der Waals surface area (Å²) in [5, 5.41) is 13.1. The fourth-order valence-corrected chi connectivity index (χ4v) is 4.36. The Morgan fingerprint density at radius 2 is 1.45 bits per heavy atom. The van der Waals surface area contributed by atoms with E-state index < -0.39 is 0 Å². The third kappa shape index (κ3) is 5.48. The van der Waals surface area contributed by atoms with Crippen LogP contribution in [0.25, 0.3) is 0 Å². The molecular weight excluding hydrogens is 390 g/mol. The summed E-state index contributed by atoms with van der Waals surface area (Å²) in [5.74, 6) is 0.324. The number of aromatic hydroxyl groups is 1. The zero-order chi connectivity index (χ0) is 21.6. The van der Waals surface area contributed by atoms with Crippen molar-refractivity contribution in [3.05, 3.63) is 48.5 Å². The highest BCUT2D eigenvalue weighted by Crippen LogP contribution is 2.27.